The Hall–Kier alpha value is -3.53. The Bertz CT molecular complexity index is 1040. The van der Waals surface area contributed by atoms with Crippen molar-refractivity contribution < 1.29 is 9.21 Å². The van der Waals surface area contributed by atoms with Gasteiger partial charge in [-0.2, -0.15) is 10.4 Å². The van der Waals surface area contributed by atoms with E-state index in [2.05, 4.69) is 16.5 Å². The number of para-hydroxylation sites is 1. The topological polar surface area (TPSA) is 110 Å². The Labute approximate surface area is 163 Å². The number of carbonyl (C=O) groups excluding carboxylic acids is 1. The molecule has 7 heteroatoms. The van der Waals surface area contributed by atoms with Crippen molar-refractivity contribution in [3.05, 3.63) is 64.2 Å². The monoisotopic (exact) mass is 377 g/mol. The van der Waals surface area contributed by atoms with Gasteiger partial charge in [-0.25, -0.2) is 4.68 Å². The molecule has 2 heterocycles. The van der Waals surface area contributed by atoms with E-state index in [9.17, 15) is 10.1 Å². The summed E-state index contributed by atoms with van der Waals surface area (Å²) < 4.78 is 7.08. The quantitative estimate of drug-likeness (QED) is 0.641. The maximum atomic E-state index is 12.4. The zero-order chi connectivity index (χ0) is 20.3. The van der Waals surface area contributed by atoms with E-state index in [1.165, 1.54) is 0 Å². The Kier molecular flexibility index (Phi) is 5.50. The maximum absolute atomic E-state index is 12.4. The SMILES string of the molecule is Cc1oc(C)c(C(=O)NCCCc2nn(-c3ccccc3)c(N)c2C#N)c1C. The molecule has 0 aliphatic rings. The number of hydrogen-bond donors (Lipinski definition) is 2. The van der Waals surface area contributed by atoms with Crippen LogP contribution in [0, 0.1) is 32.1 Å². The van der Waals surface area contributed by atoms with Crippen LogP contribution in [0.2, 0.25) is 0 Å². The van der Waals surface area contributed by atoms with Crippen LogP contribution >= 0.6 is 0 Å². The summed E-state index contributed by atoms with van der Waals surface area (Å²) in [5.41, 5.74) is 9.37. The molecule has 0 unspecified atom stereocenters. The molecule has 3 rings (SSSR count). The Morgan fingerprint density at radius 2 is 1.96 bits per heavy atom. The van der Waals surface area contributed by atoms with Crippen LogP contribution in [-0.4, -0.2) is 22.2 Å². The Morgan fingerprint density at radius 3 is 2.57 bits per heavy atom. The summed E-state index contributed by atoms with van der Waals surface area (Å²) in [6.45, 7) is 5.97. The molecule has 2 aromatic heterocycles. The van der Waals surface area contributed by atoms with E-state index < -0.39 is 0 Å². The number of furan rings is 1. The van der Waals surface area contributed by atoms with E-state index in [-0.39, 0.29) is 5.91 Å². The molecule has 0 aliphatic heterocycles. The highest BCUT2D eigenvalue weighted by Gasteiger charge is 2.19. The molecular formula is C21H23N5O2. The number of carbonyl (C=O) groups is 1. The first-order valence-electron chi connectivity index (χ1n) is 9.11. The van der Waals surface area contributed by atoms with Gasteiger partial charge in [-0.05, 0) is 45.7 Å². The van der Waals surface area contributed by atoms with Crippen molar-refractivity contribution >= 4 is 11.7 Å². The van der Waals surface area contributed by atoms with Gasteiger partial charge in [-0.1, -0.05) is 18.2 Å². The standard InChI is InChI=1S/C21H23N5O2/c1-13-14(2)28-15(3)19(13)21(27)24-11-7-10-18-17(12-22)20(23)26(25-18)16-8-5-4-6-9-16/h4-6,8-9H,7,10-11,23H2,1-3H3,(H,24,27). The smallest absolute Gasteiger partial charge is 0.255 e. The van der Waals surface area contributed by atoms with E-state index in [0.717, 1.165) is 17.0 Å². The predicted octanol–water partition coefficient (Wildman–Crippen LogP) is 3.21. The van der Waals surface area contributed by atoms with Gasteiger partial charge in [0.2, 0.25) is 0 Å². The van der Waals surface area contributed by atoms with E-state index in [0.29, 0.717) is 47.8 Å². The van der Waals surface area contributed by atoms with Gasteiger partial charge < -0.3 is 15.5 Å². The molecule has 7 nitrogen and oxygen atoms in total. The number of nitrogens with zero attached hydrogens (tertiary/aromatic N) is 3. The summed E-state index contributed by atoms with van der Waals surface area (Å²) in [6.07, 6.45) is 1.18. The number of anilines is 1. The van der Waals surface area contributed by atoms with Crippen LogP contribution in [0.3, 0.4) is 0 Å². The number of rotatable bonds is 6. The summed E-state index contributed by atoms with van der Waals surface area (Å²) in [5, 5.41) is 16.9. The Balaban J connectivity index is 1.65. The van der Waals surface area contributed by atoms with Crippen LogP contribution in [0.25, 0.3) is 5.69 Å². The van der Waals surface area contributed by atoms with Crippen molar-refractivity contribution in [3.8, 4) is 11.8 Å². The van der Waals surface area contributed by atoms with Gasteiger partial charge in [0, 0.05) is 12.1 Å². The number of hydrogen-bond acceptors (Lipinski definition) is 5. The average molecular weight is 377 g/mol. The fourth-order valence-corrected chi connectivity index (χ4v) is 3.21. The molecular weight excluding hydrogens is 354 g/mol. The molecule has 0 fully saturated rings. The zero-order valence-electron chi connectivity index (χ0n) is 16.2. The summed E-state index contributed by atoms with van der Waals surface area (Å²) >= 11 is 0. The van der Waals surface area contributed by atoms with Crippen LogP contribution < -0.4 is 11.1 Å². The van der Waals surface area contributed by atoms with Gasteiger partial charge in [-0.15, -0.1) is 0 Å². The van der Waals surface area contributed by atoms with Crippen molar-refractivity contribution in [1.29, 1.82) is 5.26 Å². The molecule has 1 aromatic carbocycles. The van der Waals surface area contributed by atoms with Crippen LogP contribution in [-0.2, 0) is 6.42 Å². The predicted molar refractivity (Wildman–Crippen MR) is 106 cm³/mol. The second kappa shape index (κ2) is 8.01. The maximum Gasteiger partial charge on any atom is 0.255 e. The number of nitrogen functional groups attached to an aromatic ring is 1. The minimum atomic E-state index is -0.151. The normalized spacial score (nSPS) is 10.6. The highest BCUT2D eigenvalue weighted by Crippen LogP contribution is 2.22. The van der Waals surface area contributed by atoms with Crippen molar-refractivity contribution in [3.63, 3.8) is 0 Å². The van der Waals surface area contributed by atoms with Gasteiger partial charge in [0.1, 0.15) is 29.0 Å². The molecule has 28 heavy (non-hydrogen) atoms. The van der Waals surface area contributed by atoms with Gasteiger partial charge >= 0.3 is 0 Å². The average Bonchev–Trinajstić information content (AvgIpc) is 3.14. The highest BCUT2D eigenvalue weighted by molar-refractivity contribution is 5.96. The van der Waals surface area contributed by atoms with Crippen molar-refractivity contribution in [1.82, 2.24) is 15.1 Å². The largest absolute Gasteiger partial charge is 0.466 e. The first kappa shape index (κ1) is 19.2. The van der Waals surface area contributed by atoms with Crippen LogP contribution in [0.15, 0.2) is 34.7 Å². The fraction of sp³-hybridized carbons (Fsp3) is 0.286. The number of nitrogens with one attached hydrogen (secondary N) is 1. The van der Waals surface area contributed by atoms with E-state index in [4.69, 9.17) is 10.2 Å². The lowest BCUT2D eigenvalue weighted by atomic mass is 10.1. The van der Waals surface area contributed by atoms with E-state index in [1.807, 2.05) is 44.2 Å². The molecule has 0 radical (unpaired) electrons. The molecule has 0 saturated heterocycles. The third kappa shape index (κ3) is 3.62. The molecule has 144 valence electrons. The van der Waals surface area contributed by atoms with Gasteiger partial charge in [-0.3, -0.25) is 4.79 Å². The zero-order valence-corrected chi connectivity index (χ0v) is 16.2. The van der Waals surface area contributed by atoms with Crippen LogP contribution in [0.4, 0.5) is 5.82 Å². The fourth-order valence-electron chi connectivity index (χ4n) is 3.21. The molecule has 1 amide bonds. The minimum Gasteiger partial charge on any atom is -0.466 e. The second-order valence-corrected chi connectivity index (χ2v) is 6.64. The second-order valence-electron chi connectivity index (χ2n) is 6.64. The molecule has 0 saturated carbocycles. The number of amides is 1. The third-order valence-corrected chi connectivity index (χ3v) is 4.77. The van der Waals surface area contributed by atoms with Crippen LogP contribution in [0.1, 0.15) is 45.1 Å². The molecule has 3 N–H and O–H groups in total. The minimum absolute atomic E-state index is 0.151. The first-order valence-corrected chi connectivity index (χ1v) is 9.11. The third-order valence-electron chi connectivity index (χ3n) is 4.77. The lowest BCUT2D eigenvalue weighted by molar-refractivity contribution is 0.0951. The summed E-state index contributed by atoms with van der Waals surface area (Å²) in [7, 11) is 0. The number of aromatic nitrogens is 2. The summed E-state index contributed by atoms with van der Waals surface area (Å²) in [6, 6.07) is 11.6. The van der Waals surface area contributed by atoms with Gasteiger partial charge in [0.25, 0.3) is 5.91 Å². The lowest BCUT2D eigenvalue weighted by Gasteiger charge is -2.05. The summed E-state index contributed by atoms with van der Waals surface area (Å²) in [4.78, 5) is 12.4. The molecule has 0 atom stereocenters. The molecule has 0 aliphatic carbocycles. The molecule has 3 aromatic rings. The number of benzene rings is 1. The molecule has 0 bridgehead atoms. The first-order chi connectivity index (χ1) is 13.4. The number of aryl methyl sites for hydroxylation is 3. The Morgan fingerprint density at radius 1 is 1.25 bits per heavy atom. The van der Waals surface area contributed by atoms with E-state index in [1.54, 1.807) is 11.6 Å². The van der Waals surface area contributed by atoms with Crippen molar-refractivity contribution in [2.75, 3.05) is 12.3 Å². The van der Waals surface area contributed by atoms with Gasteiger partial charge in [0.15, 0.2) is 0 Å². The number of nitrogens with two attached hydrogens (primary N) is 1. The van der Waals surface area contributed by atoms with Crippen molar-refractivity contribution in [2.24, 2.45) is 0 Å². The number of nitriles is 1. The summed E-state index contributed by atoms with van der Waals surface area (Å²) in [5.74, 6) is 1.55. The molecule has 0 spiro atoms. The van der Waals surface area contributed by atoms with Gasteiger partial charge in [0.05, 0.1) is 16.9 Å². The van der Waals surface area contributed by atoms with E-state index >= 15 is 0 Å². The highest BCUT2D eigenvalue weighted by atomic mass is 16.3. The lowest BCUT2D eigenvalue weighted by Crippen LogP contribution is -2.25. The van der Waals surface area contributed by atoms with Crippen LogP contribution in [0.5, 0.6) is 0 Å². The van der Waals surface area contributed by atoms with Crippen molar-refractivity contribution in [2.45, 2.75) is 33.6 Å².